The SMILES string of the molecule is C[C@H]1CC=CC[C@@H]1O. The topological polar surface area (TPSA) is 20.2 Å². The maximum absolute atomic E-state index is 9.13. The number of aliphatic hydroxyl groups is 1. The zero-order chi connectivity index (χ0) is 5.98. The molecule has 0 fully saturated rings. The van der Waals surface area contributed by atoms with E-state index in [1.54, 1.807) is 0 Å². The fourth-order valence-electron chi connectivity index (χ4n) is 0.936. The molecule has 1 aliphatic carbocycles. The third-order valence-corrected chi connectivity index (χ3v) is 1.71. The van der Waals surface area contributed by atoms with Gasteiger partial charge in [0.1, 0.15) is 0 Å². The molecular weight excluding hydrogens is 100 g/mol. The van der Waals surface area contributed by atoms with Gasteiger partial charge < -0.3 is 5.11 Å². The first-order chi connectivity index (χ1) is 3.80. The largest absolute Gasteiger partial charge is 0.393 e. The summed E-state index contributed by atoms with van der Waals surface area (Å²) < 4.78 is 0. The minimum atomic E-state index is -0.0833. The van der Waals surface area contributed by atoms with Crippen molar-refractivity contribution >= 4 is 0 Å². The van der Waals surface area contributed by atoms with Gasteiger partial charge in [-0.05, 0) is 18.8 Å². The third kappa shape index (κ3) is 1.10. The zero-order valence-electron chi connectivity index (χ0n) is 5.17. The van der Waals surface area contributed by atoms with Gasteiger partial charge >= 0.3 is 0 Å². The van der Waals surface area contributed by atoms with Gasteiger partial charge in [-0.2, -0.15) is 0 Å². The third-order valence-electron chi connectivity index (χ3n) is 1.71. The lowest BCUT2D eigenvalue weighted by Gasteiger charge is -2.18. The Morgan fingerprint density at radius 2 is 2.00 bits per heavy atom. The number of aliphatic hydroxyl groups excluding tert-OH is 1. The van der Waals surface area contributed by atoms with E-state index in [0.29, 0.717) is 5.92 Å². The molecule has 8 heavy (non-hydrogen) atoms. The molecule has 1 aliphatic rings. The minimum Gasteiger partial charge on any atom is -0.393 e. The second-order valence-corrected chi connectivity index (χ2v) is 2.49. The molecule has 0 spiro atoms. The van der Waals surface area contributed by atoms with Crippen LogP contribution in [-0.4, -0.2) is 11.2 Å². The van der Waals surface area contributed by atoms with Gasteiger partial charge in [0.25, 0.3) is 0 Å². The highest BCUT2D eigenvalue weighted by Gasteiger charge is 2.13. The van der Waals surface area contributed by atoms with Crippen LogP contribution in [0.25, 0.3) is 0 Å². The van der Waals surface area contributed by atoms with Crippen LogP contribution in [0.1, 0.15) is 19.8 Å². The van der Waals surface area contributed by atoms with E-state index in [0.717, 1.165) is 12.8 Å². The first kappa shape index (κ1) is 5.83. The molecule has 0 radical (unpaired) electrons. The smallest absolute Gasteiger partial charge is 0.0603 e. The first-order valence-electron chi connectivity index (χ1n) is 3.14. The predicted octanol–water partition coefficient (Wildman–Crippen LogP) is 1.33. The summed E-state index contributed by atoms with van der Waals surface area (Å²) in [5.74, 6) is 0.472. The van der Waals surface area contributed by atoms with Gasteiger partial charge in [0.2, 0.25) is 0 Å². The molecule has 46 valence electrons. The van der Waals surface area contributed by atoms with E-state index in [-0.39, 0.29) is 6.10 Å². The van der Waals surface area contributed by atoms with Crippen LogP contribution in [0.3, 0.4) is 0 Å². The van der Waals surface area contributed by atoms with Crippen LogP contribution >= 0.6 is 0 Å². The summed E-state index contributed by atoms with van der Waals surface area (Å²) in [6.07, 6.45) is 5.99. The Kier molecular flexibility index (Phi) is 1.69. The predicted molar refractivity (Wildman–Crippen MR) is 33.5 cm³/mol. The number of hydrogen-bond acceptors (Lipinski definition) is 1. The first-order valence-corrected chi connectivity index (χ1v) is 3.14. The Morgan fingerprint density at radius 3 is 2.38 bits per heavy atom. The molecule has 0 saturated carbocycles. The van der Waals surface area contributed by atoms with Gasteiger partial charge in [-0.3, -0.25) is 0 Å². The quantitative estimate of drug-likeness (QED) is 0.469. The summed E-state index contributed by atoms with van der Waals surface area (Å²) in [6, 6.07) is 0. The van der Waals surface area contributed by atoms with Gasteiger partial charge in [0, 0.05) is 0 Å². The van der Waals surface area contributed by atoms with Crippen LogP contribution in [0.5, 0.6) is 0 Å². The Hall–Kier alpha value is -0.300. The lowest BCUT2D eigenvalue weighted by molar-refractivity contribution is 0.115. The molecular formula is C7H12O. The van der Waals surface area contributed by atoms with Gasteiger partial charge in [0.15, 0.2) is 0 Å². The van der Waals surface area contributed by atoms with Crippen molar-refractivity contribution in [3.63, 3.8) is 0 Å². The van der Waals surface area contributed by atoms with Gasteiger partial charge in [-0.25, -0.2) is 0 Å². The van der Waals surface area contributed by atoms with Crippen molar-refractivity contribution in [3.8, 4) is 0 Å². The van der Waals surface area contributed by atoms with Crippen molar-refractivity contribution in [2.75, 3.05) is 0 Å². The zero-order valence-corrected chi connectivity index (χ0v) is 5.17. The molecule has 0 unspecified atom stereocenters. The van der Waals surface area contributed by atoms with Crippen molar-refractivity contribution in [1.82, 2.24) is 0 Å². The van der Waals surface area contributed by atoms with Crippen LogP contribution < -0.4 is 0 Å². The van der Waals surface area contributed by atoms with Crippen LogP contribution in [0.4, 0.5) is 0 Å². The molecule has 0 aliphatic heterocycles. The van der Waals surface area contributed by atoms with E-state index < -0.39 is 0 Å². The normalized spacial score (nSPS) is 37.8. The molecule has 1 nitrogen and oxygen atoms in total. The summed E-state index contributed by atoms with van der Waals surface area (Å²) in [4.78, 5) is 0. The highest BCUT2D eigenvalue weighted by atomic mass is 16.3. The highest BCUT2D eigenvalue weighted by Crippen LogP contribution is 2.17. The van der Waals surface area contributed by atoms with Crippen molar-refractivity contribution in [1.29, 1.82) is 0 Å². The van der Waals surface area contributed by atoms with Crippen LogP contribution in [-0.2, 0) is 0 Å². The molecule has 1 rings (SSSR count). The van der Waals surface area contributed by atoms with Crippen molar-refractivity contribution in [2.45, 2.75) is 25.9 Å². The molecule has 2 atom stereocenters. The van der Waals surface area contributed by atoms with Crippen LogP contribution in [0.15, 0.2) is 12.2 Å². The van der Waals surface area contributed by atoms with E-state index >= 15 is 0 Å². The van der Waals surface area contributed by atoms with E-state index in [4.69, 9.17) is 5.11 Å². The molecule has 0 heterocycles. The number of allylic oxidation sites excluding steroid dienone is 1. The van der Waals surface area contributed by atoms with E-state index in [1.165, 1.54) is 0 Å². The van der Waals surface area contributed by atoms with Crippen molar-refractivity contribution in [2.24, 2.45) is 5.92 Å². The van der Waals surface area contributed by atoms with E-state index in [1.807, 2.05) is 6.08 Å². The Labute approximate surface area is 50.0 Å². The van der Waals surface area contributed by atoms with Gasteiger partial charge in [-0.1, -0.05) is 19.1 Å². The summed E-state index contributed by atoms with van der Waals surface area (Å²) in [5.41, 5.74) is 0. The number of hydrogen-bond donors (Lipinski definition) is 1. The van der Waals surface area contributed by atoms with Crippen molar-refractivity contribution in [3.05, 3.63) is 12.2 Å². The summed E-state index contributed by atoms with van der Waals surface area (Å²) in [7, 11) is 0. The molecule has 0 amide bonds. The fraction of sp³-hybridized carbons (Fsp3) is 0.714. The Balaban J connectivity index is 2.44. The lowest BCUT2D eigenvalue weighted by Crippen LogP contribution is -2.18. The summed E-state index contributed by atoms with van der Waals surface area (Å²) in [5, 5.41) is 9.13. The average Bonchev–Trinajstić information content (AvgIpc) is 1.77. The van der Waals surface area contributed by atoms with Gasteiger partial charge in [-0.15, -0.1) is 0 Å². The lowest BCUT2D eigenvalue weighted by atomic mass is 9.94. The van der Waals surface area contributed by atoms with Crippen LogP contribution in [0.2, 0.25) is 0 Å². The highest BCUT2D eigenvalue weighted by molar-refractivity contribution is 4.92. The average molecular weight is 112 g/mol. The molecule has 0 aromatic carbocycles. The van der Waals surface area contributed by atoms with Crippen molar-refractivity contribution < 1.29 is 5.11 Å². The minimum absolute atomic E-state index is 0.0833. The standard InChI is InChI=1S/C7H12O/c1-6-4-2-3-5-7(6)8/h2-3,6-8H,4-5H2,1H3/t6-,7-/m0/s1. The maximum atomic E-state index is 9.13. The van der Waals surface area contributed by atoms with Crippen LogP contribution in [0, 0.1) is 5.92 Å². The molecule has 0 bridgehead atoms. The molecule has 0 aromatic rings. The van der Waals surface area contributed by atoms with E-state index in [9.17, 15) is 0 Å². The maximum Gasteiger partial charge on any atom is 0.0603 e. The number of rotatable bonds is 0. The summed E-state index contributed by atoms with van der Waals surface area (Å²) in [6.45, 7) is 2.08. The molecule has 1 N–H and O–H groups in total. The second kappa shape index (κ2) is 2.31. The fourth-order valence-corrected chi connectivity index (χ4v) is 0.936. The molecule has 0 aromatic heterocycles. The monoisotopic (exact) mass is 112 g/mol. The van der Waals surface area contributed by atoms with E-state index in [2.05, 4.69) is 13.0 Å². The Bertz CT molecular complexity index is 84.6. The van der Waals surface area contributed by atoms with Gasteiger partial charge in [0.05, 0.1) is 6.10 Å². The summed E-state index contributed by atoms with van der Waals surface area (Å²) >= 11 is 0. The molecule has 0 saturated heterocycles. The molecule has 1 heteroatoms. The second-order valence-electron chi connectivity index (χ2n) is 2.49. The Morgan fingerprint density at radius 1 is 1.38 bits per heavy atom.